The van der Waals surface area contributed by atoms with Gasteiger partial charge in [0.2, 0.25) is 0 Å². The molecule has 1 atom stereocenters. The number of aryl methyl sites for hydroxylation is 1. The number of rotatable bonds is 8. The molecule has 2 aromatic rings. The molecule has 1 saturated heterocycles. The van der Waals surface area contributed by atoms with Gasteiger partial charge in [-0.2, -0.15) is 0 Å². The Labute approximate surface area is 174 Å². The number of esters is 1. The van der Waals surface area contributed by atoms with Crippen molar-refractivity contribution in [1.82, 2.24) is 9.88 Å². The standard InChI is InChI=1S/C24H33N3O2/c1-5-19-10-7-8-11-20(19)16-26(6-2)21-13-15-27(17-21)23-22(12-9-14-25-23)24(28)29-18(3)4/h7-12,14,18,21H,5-6,13,15-17H2,1-4H3. The van der Waals surface area contributed by atoms with Crippen LogP contribution < -0.4 is 4.90 Å². The summed E-state index contributed by atoms with van der Waals surface area (Å²) in [6, 6.07) is 12.8. The maximum absolute atomic E-state index is 12.5. The number of pyridine rings is 1. The van der Waals surface area contributed by atoms with Crippen LogP contribution in [-0.2, 0) is 17.7 Å². The zero-order valence-electron chi connectivity index (χ0n) is 18.1. The molecule has 0 spiro atoms. The summed E-state index contributed by atoms with van der Waals surface area (Å²) in [4.78, 5) is 21.8. The van der Waals surface area contributed by atoms with Crippen LogP contribution >= 0.6 is 0 Å². The fourth-order valence-corrected chi connectivity index (χ4v) is 4.09. The van der Waals surface area contributed by atoms with Gasteiger partial charge in [0.1, 0.15) is 11.4 Å². The van der Waals surface area contributed by atoms with Gasteiger partial charge >= 0.3 is 5.97 Å². The summed E-state index contributed by atoms with van der Waals surface area (Å²) >= 11 is 0. The van der Waals surface area contributed by atoms with Crippen LogP contribution in [0.1, 0.15) is 55.6 Å². The molecule has 1 unspecified atom stereocenters. The molecule has 3 rings (SSSR count). The molecule has 0 radical (unpaired) electrons. The molecule has 0 saturated carbocycles. The quantitative estimate of drug-likeness (QED) is 0.623. The predicted molar refractivity (Wildman–Crippen MR) is 117 cm³/mol. The molecule has 1 fully saturated rings. The summed E-state index contributed by atoms with van der Waals surface area (Å²) in [5.74, 6) is 0.446. The molecule has 0 aliphatic carbocycles. The van der Waals surface area contributed by atoms with Gasteiger partial charge in [-0.15, -0.1) is 0 Å². The molecule has 1 aliphatic heterocycles. The highest BCUT2D eigenvalue weighted by Crippen LogP contribution is 2.26. The van der Waals surface area contributed by atoms with E-state index in [1.807, 2.05) is 19.9 Å². The second-order valence-corrected chi connectivity index (χ2v) is 7.90. The van der Waals surface area contributed by atoms with E-state index in [9.17, 15) is 4.79 Å². The van der Waals surface area contributed by atoms with E-state index in [0.717, 1.165) is 44.8 Å². The number of likely N-dealkylation sites (N-methyl/N-ethyl adjacent to an activating group) is 1. The maximum Gasteiger partial charge on any atom is 0.342 e. The molecule has 0 N–H and O–H groups in total. The molecular formula is C24H33N3O2. The first-order valence-corrected chi connectivity index (χ1v) is 10.7. The predicted octanol–water partition coefficient (Wildman–Crippen LogP) is 4.31. The number of anilines is 1. The zero-order valence-corrected chi connectivity index (χ0v) is 18.1. The van der Waals surface area contributed by atoms with E-state index in [4.69, 9.17) is 4.74 Å². The van der Waals surface area contributed by atoms with Crippen LogP contribution in [0.2, 0.25) is 0 Å². The topological polar surface area (TPSA) is 45.7 Å². The summed E-state index contributed by atoms with van der Waals surface area (Å²) in [7, 11) is 0. The number of ether oxygens (including phenoxy) is 1. The van der Waals surface area contributed by atoms with Gasteiger partial charge in [-0.25, -0.2) is 9.78 Å². The van der Waals surface area contributed by atoms with Crippen molar-refractivity contribution in [2.24, 2.45) is 0 Å². The first-order valence-electron chi connectivity index (χ1n) is 10.7. The summed E-state index contributed by atoms with van der Waals surface area (Å²) in [6.07, 6.45) is 3.73. The molecule has 1 aliphatic rings. The van der Waals surface area contributed by atoms with Crippen molar-refractivity contribution in [1.29, 1.82) is 0 Å². The zero-order chi connectivity index (χ0) is 20.8. The van der Waals surface area contributed by atoms with Gasteiger partial charge in [0.25, 0.3) is 0 Å². The molecule has 5 heteroatoms. The largest absolute Gasteiger partial charge is 0.459 e. The minimum atomic E-state index is -0.296. The van der Waals surface area contributed by atoms with Crippen molar-refractivity contribution in [2.45, 2.75) is 59.2 Å². The number of hydrogen-bond acceptors (Lipinski definition) is 5. The molecular weight excluding hydrogens is 362 g/mol. The van der Waals surface area contributed by atoms with Crippen LogP contribution in [0.5, 0.6) is 0 Å². The first-order chi connectivity index (χ1) is 14.0. The van der Waals surface area contributed by atoms with E-state index in [-0.39, 0.29) is 12.1 Å². The summed E-state index contributed by atoms with van der Waals surface area (Å²) in [5, 5.41) is 0. The van der Waals surface area contributed by atoms with Crippen LogP contribution in [0.3, 0.4) is 0 Å². The Kier molecular flexibility index (Phi) is 7.26. The lowest BCUT2D eigenvalue weighted by Crippen LogP contribution is -2.37. The Morgan fingerprint density at radius 2 is 1.97 bits per heavy atom. The number of carbonyl (C=O) groups is 1. The van der Waals surface area contributed by atoms with Crippen LogP contribution in [0, 0.1) is 0 Å². The second-order valence-electron chi connectivity index (χ2n) is 7.90. The van der Waals surface area contributed by atoms with Gasteiger partial charge in [-0.05, 0) is 56.5 Å². The number of carbonyl (C=O) groups excluding carboxylic acids is 1. The molecule has 5 nitrogen and oxygen atoms in total. The maximum atomic E-state index is 12.5. The lowest BCUT2D eigenvalue weighted by Gasteiger charge is -2.29. The van der Waals surface area contributed by atoms with E-state index < -0.39 is 0 Å². The number of benzene rings is 1. The van der Waals surface area contributed by atoms with E-state index in [0.29, 0.717) is 11.6 Å². The van der Waals surface area contributed by atoms with Gasteiger partial charge in [-0.3, -0.25) is 4.90 Å². The highest BCUT2D eigenvalue weighted by Gasteiger charge is 2.30. The van der Waals surface area contributed by atoms with Gasteiger partial charge < -0.3 is 9.64 Å². The Balaban J connectivity index is 1.73. The van der Waals surface area contributed by atoms with Gasteiger partial charge in [0, 0.05) is 31.9 Å². The van der Waals surface area contributed by atoms with E-state index in [1.54, 1.807) is 12.3 Å². The fourth-order valence-electron chi connectivity index (χ4n) is 4.09. The minimum Gasteiger partial charge on any atom is -0.459 e. The average Bonchev–Trinajstić information content (AvgIpc) is 3.21. The molecule has 1 aromatic carbocycles. The fraction of sp³-hybridized carbons (Fsp3) is 0.500. The first kappa shape index (κ1) is 21.3. The van der Waals surface area contributed by atoms with Crippen LogP contribution in [0.25, 0.3) is 0 Å². The molecule has 0 amide bonds. The van der Waals surface area contributed by atoms with Gasteiger partial charge in [0.15, 0.2) is 0 Å². The Morgan fingerprint density at radius 3 is 2.66 bits per heavy atom. The third kappa shape index (κ3) is 5.15. The van der Waals surface area contributed by atoms with E-state index in [2.05, 4.69) is 52.9 Å². The van der Waals surface area contributed by atoms with Crippen molar-refractivity contribution < 1.29 is 9.53 Å². The van der Waals surface area contributed by atoms with E-state index in [1.165, 1.54) is 11.1 Å². The number of aromatic nitrogens is 1. The normalized spacial score (nSPS) is 16.6. The van der Waals surface area contributed by atoms with Crippen molar-refractivity contribution in [3.05, 3.63) is 59.3 Å². The average molecular weight is 396 g/mol. The minimum absolute atomic E-state index is 0.143. The van der Waals surface area contributed by atoms with Crippen LogP contribution in [0.15, 0.2) is 42.6 Å². The highest BCUT2D eigenvalue weighted by molar-refractivity contribution is 5.94. The Morgan fingerprint density at radius 1 is 1.21 bits per heavy atom. The molecule has 29 heavy (non-hydrogen) atoms. The summed E-state index contributed by atoms with van der Waals surface area (Å²) < 4.78 is 5.42. The Hall–Kier alpha value is -2.40. The van der Waals surface area contributed by atoms with Crippen molar-refractivity contribution in [2.75, 3.05) is 24.5 Å². The smallest absolute Gasteiger partial charge is 0.342 e. The van der Waals surface area contributed by atoms with Crippen LogP contribution in [0.4, 0.5) is 5.82 Å². The highest BCUT2D eigenvalue weighted by atomic mass is 16.5. The lowest BCUT2D eigenvalue weighted by atomic mass is 10.0. The van der Waals surface area contributed by atoms with Crippen molar-refractivity contribution >= 4 is 11.8 Å². The molecule has 2 heterocycles. The molecule has 156 valence electrons. The molecule has 0 bridgehead atoms. The van der Waals surface area contributed by atoms with E-state index >= 15 is 0 Å². The second kappa shape index (κ2) is 9.88. The monoisotopic (exact) mass is 395 g/mol. The van der Waals surface area contributed by atoms with Crippen molar-refractivity contribution in [3.63, 3.8) is 0 Å². The number of nitrogens with zero attached hydrogens (tertiary/aromatic N) is 3. The Bertz CT molecular complexity index is 821. The third-order valence-corrected chi connectivity index (χ3v) is 5.61. The van der Waals surface area contributed by atoms with Crippen LogP contribution in [-0.4, -0.2) is 47.6 Å². The molecule has 1 aromatic heterocycles. The van der Waals surface area contributed by atoms with Gasteiger partial charge in [-0.1, -0.05) is 38.1 Å². The summed E-state index contributed by atoms with van der Waals surface area (Å²) in [6.45, 7) is 11.9. The third-order valence-electron chi connectivity index (χ3n) is 5.61. The SMILES string of the molecule is CCc1ccccc1CN(CC)C1CCN(c2ncccc2C(=O)OC(C)C)C1. The van der Waals surface area contributed by atoms with Gasteiger partial charge in [0.05, 0.1) is 6.10 Å². The van der Waals surface area contributed by atoms with Crippen molar-refractivity contribution in [3.8, 4) is 0 Å². The lowest BCUT2D eigenvalue weighted by molar-refractivity contribution is 0.0378. The summed E-state index contributed by atoms with van der Waals surface area (Å²) in [5.41, 5.74) is 3.39. The number of hydrogen-bond donors (Lipinski definition) is 0.